The van der Waals surface area contributed by atoms with Crippen LogP contribution >= 0.6 is 0 Å². The van der Waals surface area contributed by atoms with Crippen molar-refractivity contribution < 1.29 is 29.0 Å². The molecule has 9 heteroatoms. The summed E-state index contributed by atoms with van der Waals surface area (Å²) in [6.45, 7) is 2.31. The summed E-state index contributed by atoms with van der Waals surface area (Å²) in [4.78, 5) is 46.1. The van der Waals surface area contributed by atoms with Gasteiger partial charge in [-0.2, -0.15) is 0 Å². The molecule has 42 heavy (non-hydrogen) atoms. The minimum atomic E-state index is -1.44. The van der Waals surface area contributed by atoms with Crippen LogP contribution in [0.4, 0.5) is 5.69 Å². The van der Waals surface area contributed by atoms with E-state index in [4.69, 9.17) is 9.47 Å². The highest BCUT2D eigenvalue weighted by Crippen LogP contribution is 2.37. The molecule has 2 aliphatic heterocycles. The molecular formula is C33H29N3O6. The fourth-order valence-corrected chi connectivity index (χ4v) is 5.39. The summed E-state index contributed by atoms with van der Waals surface area (Å²) < 4.78 is 11.8. The molecule has 1 aromatic heterocycles. The predicted molar refractivity (Wildman–Crippen MR) is 154 cm³/mol. The lowest BCUT2D eigenvalue weighted by Gasteiger charge is -2.21. The average Bonchev–Trinajstić information content (AvgIpc) is 3.48. The Labute approximate surface area is 242 Å². The summed E-state index contributed by atoms with van der Waals surface area (Å²) in [5.41, 5.74) is 3.58. The molecule has 0 spiro atoms. The van der Waals surface area contributed by atoms with E-state index in [1.165, 1.54) is 30.1 Å². The number of nitrogens with zero attached hydrogens (tertiary/aromatic N) is 3. The van der Waals surface area contributed by atoms with Crippen LogP contribution in [0.3, 0.4) is 0 Å². The second-order valence-electron chi connectivity index (χ2n) is 10.4. The van der Waals surface area contributed by atoms with E-state index >= 15 is 0 Å². The van der Waals surface area contributed by atoms with E-state index in [2.05, 4.69) is 17.1 Å². The first-order valence-corrected chi connectivity index (χ1v) is 13.7. The molecule has 212 valence electrons. The van der Waals surface area contributed by atoms with Crippen LogP contribution in [-0.2, 0) is 13.0 Å². The van der Waals surface area contributed by atoms with Crippen molar-refractivity contribution in [1.82, 2.24) is 9.88 Å². The first-order valence-electron chi connectivity index (χ1n) is 13.7. The predicted octanol–water partition coefficient (Wildman–Crippen LogP) is 4.94. The number of carbonyl (C=O) groups excluding carboxylic acids is 3. The normalized spacial score (nSPS) is 16.3. The molecule has 6 rings (SSSR count). The Morgan fingerprint density at radius 3 is 2.57 bits per heavy atom. The summed E-state index contributed by atoms with van der Waals surface area (Å²) in [5, 5.41) is 10.6. The number of pyridine rings is 1. The molecule has 3 heterocycles. The van der Waals surface area contributed by atoms with E-state index in [0.29, 0.717) is 29.3 Å². The molecule has 1 N–H and O–H groups in total. The molecular weight excluding hydrogens is 534 g/mol. The number of aliphatic hydroxyl groups is 1. The van der Waals surface area contributed by atoms with Crippen LogP contribution in [-0.4, -0.2) is 45.9 Å². The van der Waals surface area contributed by atoms with Crippen molar-refractivity contribution in [1.29, 1.82) is 0 Å². The van der Waals surface area contributed by atoms with E-state index in [-0.39, 0.29) is 28.7 Å². The maximum atomic E-state index is 13.6. The molecule has 2 atom stereocenters. The van der Waals surface area contributed by atoms with Crippen LogP contribution in [0.15, 0.2) is 85.2 Å². The van der Waals surface area contributed by atoms with E-state index in [9.17, 15) is 19.5 Å². The fourth-order valence-electron chi connectivity index (χ4n) is 5.39. The number of benzene rings is 3. The zero-order valence-electron chi connectivity index (χ0n) is 23.2. The minimum absolute atomic E-state index is 0.0972. The second kappa shape index (κ2) is 11.1. The van der Waals surface area contributed by atoms with Crippen LogP contribution < -0.4 is 14.4 Å². The molecule has 0 fully saturated rings. The van der Waals surface area contributed by atoms with Crippen molar-refractivity contribution >= 4 is 23.4 Å². The summed E-state index contributed by atoms with van der Waals surface area (Å²) in [6, 6.07) is 21.8. The van der Waals surface area contributed by atoms with Gasteiger partial charge in [0.05, 0.1) is 25.3 Å². The standard InChI is InChI=1S/C33H29N3O6/c1-20(8-9-21-6-4-3-5-7-21)42-29-17-24(12-13-28(29)41-2)35-19-23-11-10-22(16-26(23)31(35)38)30(37)36-32(39)25-14-15-34-18-27(25)33(36)40/h3-7,10-18,20,33,40H,8-9,19H2,1-2H3. The van der Waals surface area contributed by atoms with Crippen LogP contribution in [0.5, 0.6) is 11.5 Å². The first kappa shape index (κ1) is 27.2. The number of rotatable bonds is 8. The summed E-state index contributed by atoms with van der Waals surface area (Å²) >= 11 is 0. The number of hydrogen-bond acceptors (Lipinski definition) is 7. The maximum Gasteiger partial charge on any atom is 0.263 e. The van der Waals surface area contributed by atoms with Gasteiger partial charge < -0.3 is 19.5 Å². The largest absolute Gasteiger partial charge is 0.493 e. The summed E-state index contributed by atoms with van der Waals surface area (Å²) in [7, 11) is 1.57. The van der Waals surface area contributed by atoms with Crippen LogP contribution in [0.2, 0.25) is 0 Å². The van der Waals surface area contributed by atoms with E-state index in [1.807, 2.05) is 25.1 Å². The van der Waals surface area contributed by atoms with Gasteiger partial charge in [-0.25, -0.2) is 4.90 Å². The number of aryl methyl sites for hydroxylation is 1. The number of anilines is 1. The van der Waals surface area contributed by atoms with Crippen LogP contribution in [0.1, 0.15) is 67.3 Å². The Balaban J connectivity index is 1.19. The highest BCUT2D eigenvalue weighted by atomic mass is 16.5. The van der Waals surface area contributed by atoms with E-state index in [1.54, 1.807) is 42.3 Å². The number of methoxy groups -OCH3 is 1. The molecule has 0 bridgehead atoms. The van der Waals surface area contributed by atoms with E-state index in [0.717, 1.165) is 23.3 Å². The Morgan fingerprint density at radius 2 is 1.81 bits per heavy atom. The molecule has 0 aliphatic carbocycles. The number of fused-ring (bicyclic) bond motifs is 2. The van der Waals surface area contributed by atoms with Gasteiger partial charge in [0.15, 0.2) is 17.7 Å². The monoisotopic (exact) mass is 563 g/mol. The highest BCUT2D eigenvalue weighted by Gasteiger charge is 2.41. The maximum absolute atomic E-state index is 13.6. The zero-order valence-corrected chi connectivity index (χ0v) is 23.2. The molecule has 0 saturated carbocycles. The average molecular weight is 564 g/mol. The number of hydrogen-bond donors (Lipinski definition) is 1. The van der Waals surface area contributed by atoms with Gasteiger partial charge in [0.2, 0.25) is 0 Å². The van der Waals surface area contributed by atoms with Gasteiger partial charge in [-0.05, 0) is 61.2 Å². The molecule has 2 unspecified atom stereocenters. The molecule has 0 saturated heterocycles. The lowest BCUT2D eigenvalue weighted by atomic mass is 10.1. The topological polar surface area (TPSA) is 109 Å². The van der Waals surface area contributed by atoms with Gasteiger partial charge in [-0.15, -0.1) is 0 Å². The van der Waals surface area contributed by atoms with Crippen LogP contribution in [0, 0.1) is 0 Å². The zero-order chi connectivity index (χ0) is 29.4. The number of carbonyl (C=O) groups is 3. The minimum Gasteiger partial charge on any atom is -0.493 e. The number of amides is 3. The molecule has 4 aromatic rings. The first-order chi connectivity index (χ1) is 20.4. The highest BCUT2D eigenvalue weighted by molar-refractivity contribution is 6.15. The quantitative estimate of drug-likeness (QED) is 0.303. The Bertz CT molecular complexity index is 1690. The van der Waals surface area contributed by atoms with Crippen molar-refractivity contribution in [2.24, 2.45) is 0 Å². The van der Waals surface area contributed by atoms with Crippen molar-refractivity contribution in [2.45, 2.75) is 38.6 Å². The third-order valence-corrected chi connectivity index (χ3v) is 7.67. The van der Waals surface area contributed by atoms with Gasteiger partial charge in [0, 0.05) is 40.8 Å². The van der Waals surface area contributed by atoms with Crippen molar-refractivity contribution in [3.05, 3.63) is 119 Å². The van der Waals surface area contributed by atoms with E-state index < -0.39 is 18.0 Å². The molecule has 3 aromatic carbocycles. The third-order valence-electron chi connectivity index (χ3n) is 7.67. The Hall–Kier alpha value is -5.02. The van der Waals surface area contributed by atoms with Gasteiger partial charge in [0.1, 0.15) is 0 Å². The van der Waals surface area contributed by atoms with Gasteiger partial charge in [-0.1, -0.05) is 36.4 Å². The fraction of sp³-hybridized carbons (Fsp3) is 0.212. The number of imide groups is 1. The number of ether oxygens (including phenoxy) is 2. The Kier molecular flexibility index (Phi) is 7.18. The number of aliphatic hydroxyl groups excluding tert-OH is 1. The lowest BCUT2D eigenvalue weighted by molar-refractivity contribution is 0.0175. The molecule has 0 radical (unpaired) electrons. The smallest absolute Gasteiger partial charge is 0.263 e. The summed E-state index contributed by atoms with van der Waals surface area (Å²) in [6.07, 6.45) is 2.93. The number of aromatic nitrogens is 1. The van der Waals surface area contributed by atoms with Gasteiger partial charge >= 0.3 is 0 Å². The molecule has 2 aliphatic rings. The third kappa shape index (κ3) is 4.88. The van der Waals surface area contributed by atoms with Crippen molar-refractivity contribution in [3.63, 3.8) is 0 Å². The second-order valence-corrected chi connectivity index (χ2v) is 10.4. The van der Waals surface area contributed by atoms with Crippen LogP contribution in [0.25, 0.3) is 0 Å². The summed E-state index contributed by atoms with van der Waals surface area (Å²) in [5.74, 6) is -0.490. The molecule has 3 amide bonds. The SMILES string of the molecule is COc1ccc(N2Cc3ccc(C(=O)N4C(=O)c5ccncc5C4O)cc3C2=O)cc1OC(C)CCc1ccccc1. The van der Waals surface area contributed by atoms with Crippen molar-refractivity contribution in [3.8, 4) is 11.5 Å². The molecule has 9 nitrogen and oxygen atoms in total. The van der Waals surface area contributed by atoms with Crippen molar-refractivity contribution in [2.75, 3.05) is 12.0 Å². The Morgan fingerprint density at radius 1 is 1.00 bits per heavy atom. The lowest BCUT2D eigenvalue weighted by Crippen LogP contribution is -2.34. The van der Waals surface area contributed by atoms with Gasteiger partial charge in [0.25, 0.3) is 17.7 Å². The van der Waals surface area contributed by atoms with Gasteiger partial charge in [-0.3, -0.25) is 19.4 Å².